The zero-order valence-electron chi connectivity index (χ0n) is 15.2. The molecule has 5 heteroatoms. The van der Waals surface area contributed by atoms with Gasteiger partial charge in [-0.1, -0.05) is 59.9 Å². The summed E-state index contributed by atoms with van der Waals surface area (Å²) in [5.74, 6) is -0.929. The number of aromatic carboxylic acids is 1. The standard InChI is InChI=1S/C23H18N2O2S/c1-16-22(28-21(24-16)17-12-14-18(15-13-17)23(26)27)25(19-8-4-2-5-9-19)20-10-6-3-7-11-20/h2-15H,1H3,(H,26,27). The smallest absolute Gasteiger partial charge is 0.335 e. The third kappa shape index (κ3) is 3.52. The van der Waals surface area contributed by atoms with Gasteiger partial charge in [0, 0.05) is 16.9 Å². The highest BCUT2D eigenvalue weighted by Crippen LogP contribution is 2.42. The number of carbonyl (C=O) groups is 1. The van der Waals surface area contributed by atoms with Crippen LogP contribution in [0.3, 0.4) is 0 Å². The van der Waals surface area contributed by atoms with Crippen molar-refractivity contribution in [1.82, 2.24) is 4.98 Å². The summed E-state index contributed by atoms with van der Waals surface area (Å²) in [6.07, 6.45) is 0. The van der Waals surface area contributed by atoms with Gasteiger partial charge in [0.05, 0.1) is 11.3 Å². The summed E-state index contributed by atoms with van der Waals surface area (Å²) in [6.45, 7) is 2.00. The lowest BCUT2D eigenvalue weighted by atomic mass is 10.1. The highest BCUT2D eigenvalue weighted by atomic mass is 32.1. The predicted octanol–water partition coefficient (Wildman–Crippen LogP) is 6.29. The molecule has 0 spiro atoms. The van der Waals surface area contributed by atoms with E-state index in [1.165, 1.54) is 0 Å². The van der Waals surface area contributed by atoms with Crippen molar-refractivity contribution in [2.24, 2.45) is 0 Å². The van der Waals surface area contributed by atoms with E-state index in [0.29, 0.717) is 0 Å². The van der Waals surface area contributed by atoms with Crippen molar-refractivity contribution in [3.63, 3.8) is 0 Å². The number of thiazole rings is 1. The van der Waals surface area contributed by atoms with Gasteiger partial charge in [-0.15, -0.1) is 0 Å². The number of aromatic nitrogens is 1. The third-order valence-electron chi connectivity index (χ3n) is 4.38. The van der Waals surface area contributed by atoms with Gasteiger partial charge in [0.2, 0.25) is 0 Å². The molecule has 3 aromatic carbocycles. The molecule has 138 valence electrons. The highest BCUT2D eigenvalue weighted by Gasteiger charge is 2.19. The average Bonchev–Trinajstić information content (AvgIpc) is 3.11. The molecule has 1 N–H and O–H groups in total. The molecule has 1 aromatic heterocycles. The molecule has 0 saturated heterocycles. The van der Waals surface area contributed by atoms with Crippen LogP contribution in [0.15, 0.2) is 84.9 Å². The minimum atomic E-state index is -0.929. The summed E-state index contributed by atoms with van der Waals surface area (Å²) < 4.78 is 0. The van der Waals surface area contributed by atoms with Crippen LogP contribution < -0.4 is 4.90 Å². The fourth-order valence-electron chi connectivity index (χ4n) is 3.01. The zero-order valence-corrected chi connectivity index (χ0v) is 16.1. The van der Waals surface area contributed by atoms with E-state index in [1.807, 2.05) is 43.3 Å². The highest BCUT2D eigenvalue weighted by molar-refractivity contribution is 7.19. The summed E-state index contributed by atoms with van der Waals surface area (Å²) in [4.78, 5) is 18.0. The number of carboxylic acids is 1. The van der Waals surface area contributed by atoms with Crippen LogP contribution in [0.5, 0.6) is 0 Å². The third-order valence-corrected chi connectivity index (χ3v) is 5.57. The Kier molecular flexibility index (Phi) is 4.91. The topological polar surface area (TPSA) is 53.4 Å². The largest absolute Gasteiger partial charge is 0.478 e. The first-order valence-corrected chi connectivity index (χ1v) is 9.66. The summed E-state index contributed by atoms with van der Waals surface area (Å²) in [5, 5.41) is 11.0. The Bertz CT molecular complexity index is 1050. The van der Waals surface area contributed by atoms with Gasteiger partial charge in [-0.2, -0.15) is 0 Å². The van der Waals surface area contributed by atoms with Crippen molar-refractivity contribution in [2.75, 3.05) is 4.90 Å². The van der Waals surface area contributed by atoms with E-state index < -0.39 is 5.97 Å². The number of anilines is 3. The van der Waals surface area contributed by atoms with Crippen LogP contribution in [-0.4, -0.2) is 16.1 Å². The van der Waals surface area contributed by atoms with E-state index >= 15 is 0 Å². The summed E-state index contributed by atoms with van der Waals surface area (Å²) in [6, 6.07) is 27.2. The number of hydrogen-bond donors (Lipinski definition) is 1. The molecule has 0 unspecified atom stereocenters. The molecule has 4 aromatic rings. The second-order valence-electron chi connectivity index (χ2n) is 6.30. The Morgan fingerprint density at radius 2 is 1.39 bits per heavy atom. The lowest BCUT2D eigenvalue weighted by Gasteiger charge is -2.23. The van der Waals surface area contributed by atoms with Gasteiger partial charge in [0.25, 0.3) is 0 Å². The molecule has 0 bridgehead atoms. The molecule has 4 nitrogen and oxygen atoms in total. The lowest BCUT2D eigenvalue weighted by Crippen LogP contribution is -2.09. The molecule has 0 aliphatic carbocycles. The second-order valence-corrected chi connectivity index (χ2v) is 7.28. The van der Waals surface area contributed by atoms with Gasteiger partial charge in [-0.25, -0.2) is 9.78 Å². The number of rotatable bonds is 5. The van der Waals surface area contributed by atoms with Crippen LogP contribution in [0, 0.1) is 6.92 Å². The average molecular weight is 386 g/mol. The Labute approximate surface area is 167 Å². The Morgan fingerprint density at radius 3 is 1.89 bits per heavy atom. The molecule has 0 fully saturated rings. The van der Waals surface area contributed by atoms with Crippen molar-refractivity contribution < 1.29 is 9.90 Å². The summed E-state index contributed by atoms with van der Waals surface area (Å²) in [7, 11) is 0. The normalized spacial score (nSPS) is 10.6. The molecule has 0 amide bonds. The van der Waals surface area contributed by atoms with E-state index in [9.17, 15) is 4.79 Å². The summed E-state index contributed by atoms with van der Waals surface area (Å²) >= 11 is 1.59. The van der Waals surface area contributed by atoms with E-state index in [4.69, 9.17) is 10.1 Å². The van der Waals surface area contributed by atoms with Crippen LogP contribution >= 0.6 is 11.3 Å². The predicted molar refractivity (Wildman–Crippen MR) is 114 cm³/mol. The van der Waals surface area contributed by atoms with E-state index in [2.05, 4.69) is 29.2 Å². The lowest BCUT2D eigenvalue weighted by molar-refractivity contribution is 0.0697. The Morgan fingerprint density at radius 1 is 0.857 bits per heavy atom. The van der Waals surface area contributed by atoms with Gasteiger partial charge in [-0.3, -0.25) is 0 Å². The fraction of sp³-hybridized carbons (Fsp3) is 0.0435. The number of carboxylic acid groups (broad SMARTS) is 1. The molecule has 0 atom stereocenters. The maximum absolute atomic E-state index is 11.1. The minimum absolute atomic E-state index is 0.271. The number of benzene rings is 3. The molecular weight excluding hydrogens is 368 g/mol. The molecule has 0 aliphatic rings. The first-order chi connectivity index (χ1) is 13.6. The van der Waals surface area contributed by atoms with Gasteiger partial charge >= 0.3 is 5.97 Å². The van der Waals surface area contributed by atoms with Crippen LogP contribution in [0.1, 0.15) is 16.1 Å². The van der Waals surface area contributed by atoms with Crippen LogP contribution in [0.2, 0.25) is 0 Å². The number of hydrogen-bond acceptors (Lipinski definition) is 4. The monoisotopic (exact) mass is 386 g/mol. The molecule has 1 heterocycles. The number of para-hydroxylation sites is 2. The number of aryl methyl sites for hydroxylation is 1. The molecule has 4 rings (SSSR count). The molecule has 0 saturated carbocycles. The Balaban J connectivity index is 1.79. The number of nitrogens with zero attached hydrogens (tertiary/aromatic N) is 2. The fourth-order valence-corrected chi connectivity index (χ4v) is 4.13. The molecule has 0 aliphatic heterocycles. The van der Waals surface area contributed by atoms with E-state index in [1.54, 1.807) is 35.6 Å². The van der Waals surface area contributed by atoms with Crippen LogP contribution in [0.4, 0.5) is 16.4 Å². The quantitative estimate of drug-likeness (QED) is 0.438. The van der Waals surface area contributed by atoms with Gasteiger partial charge < -0.3 is 10.0 Å². The summed E-state index contributed by atoms with van der Waals surface area (Å²) in [5.41, 5.74) is 4.23. The zero-order chi connectivity index (χ0) is 19.5. The second kappa shape index (κ2) is 7.66. The molecular formula is C23H18N2O2S. The van der Waals surface area contributed by atoms with Gasteiger partial charge in [0.15, 0.2) is 0 Å². The van der Waals surface area contributed by atoms with E-state index in [0.717, 1.165) is 32.6 Å². The minimum Gasteiger partial charge on any atom is -0.478 e. The van der Waals surface area contributed by atoms with Gasteiger partial charge in [-0.05, 0) is 43.3 Å². The van der Waals surface area contributed by atoms with Crippen LogP contribution in [-0.2, 0) is 0 Å². The Hall–Kier alpha value is -3.44. The van der Waals surface area contributed by atoms with Crippen molar-refractivity contribution >= 4 is 33.7 Å². The van der Waals surface area contributed by atoms with Gasteiger partial charge in [0.1, 0.15) is 10.0 Å². The van der Waals surface area contributed by atoms with E-state index in [-0.39, 0.29) is 5.56 Å². The van der Waals surface area contributed by atoms with Crippen molar-refractivity contribution in [3.8, 4) is 10.6 Å². The molecule has 28 heavy (non-hydrogen) atoms. The first-order valence-electron chi connectivity index (χ1n) is 8.85. The molecule has 0 radical (unpaired) electrons. The maximum atomic E-state index is 11.1. The van der Waals surface area contributed by atoms with Crippen molar-refractivity contribution in [3.05, 3.63) is 96.2 Å². The van der Waals surface area contributed by atoms with Crippen molar-refractivity contribution in [1.29, 1.82) is 0 Å². The SMILES string of the molecule is Cc1nc(-c2ccc(C(=O)O)cc2)sc1N(c1ccccc1)c1ccccc1. The first kappa shape index (κ1) is 17.9. The van der Waals surface area contributed by atoms with Crippen molar-refractivity contribution in [2.45, 2.75) is 6.92 Å². The van der Waals surface area contributed by atoms with Crippen LogP contribution in [0.25, 0.3) is 10.6 Å². The maximum Gasteiger partial charge on any atom is 0.335 e.